The summed E-state index contributed by atoms with van der Waals surface area (Å²) < 4.78 is 27.7. The largest absolute Gasteiger partial charge is 0.480 e. The maximum absolute atomic E-state index is 12.6. The Labute approximate surface area is 191 Å². The minimum absolute atomic E-state index is 0.00572. The van der Waals surface area contributed by atoms with Crippen molar-refractivity contribution in [3.63, 3.8) is 0 Å². The summed E-state index contributed by atoms with van der Waals surface area (Å²) in [6.07, 6.45) is 1.68. The van der Waals surface area contributed by atoms with Crippen LogP contribution < -0.4 is 21.7 Å². The minimum atomic E-state index is -3.62. The molecule has 0 bridgehead atoms. The molecule has 2 atom stereocenters. The van der Waals surface area contributed by atoms with Gasteiger partial charge in [-0.3, -0.25) is 9.59 Å². The molecule has 0 aliphatic rings. The Kier molecular flexibility index (Phi) is 10.7. The molecule has 0 aliphatic heterocycles. The van der Waals surface area contributed by atoms with E-state index in [4.69, 9.17) is 10.2 Å². The Balaban J connectivity index is 2.57. The number of carbonyl (C=O) groups is 4. The number of sulfone groups is 1. The van der Waals surface area contributed by atoms with Crippen molar-refractivity contribution < 1.29 is 37.1 Å². The molecule has 33 heavy (non-hydrogen) atoms. The summed E-state index contributed by atoms with van der Waals surface area (Å²) in [5.41, 5.74) is 4.94. The summed E-state index contributed by atoms with van der Waals surface area (Å²) in [7, 11) is -3.62. The van der Waals surface area contributed by atoms with E-state index in [1.54, 1.807) is 13.8 Å². The number of carboxylic acid groups (broad SMARTS) is 1. The average molecular weight is 491 g/mol. The lowest BCUT2D eigenvalue weighted by Gasteiger charge is -2.24. The maximum Gasteiger partial charge on any atom is 0.335 e. The zero-order valence-electron chi connectivity index (χ0n) is 18.7. The second-order valence-electron chi connectivity index (χ2n) is 7.71. The Bertz CT molecular complexity index is 945. The van der Waals surface area contributed by atoms with Crippen molar-refractivity contribution in [1.82, 2.24) is 26.1 Å². The Morgan fingerprint density at radius 2 is 1.79 bits per heavy atom. The van der Waals surface area contributed by atoms with Gasteiger partial charge in [-0.05, 0) is 25.2 Å². The number of aromatic nitrogens is 2. The van der Waals surface area contributed by atoms with Crippen LogP contribution in [0.1, 0.15) is 45.4 Å². The molecule has 0 aromatic carbocycles. The molecule has 1 rings (SSSR count). The van der Waals surface area contributed by atoms with Crippen molar-refractivity contribution in [3.8, 4) is 0 Å². The molecule has 6 N–H and O–H groups in total. The van der Waals surface area contributed by atoms with E-state index in [0.717, 1.165) is 6.26 Å². The summed E-state index contributed by atoms with van der Waals surface area (Å²) in [5.74, 6) is -2.61. The number of nitrogens with zero attached hydrogens (tertiary/aromatic N) is 2. The van der Waals surface area contributed by atoms with Crippen molar-refractivity contribution in [2.45, 2.75) is 63.3 Å². The first-order valence-electron chi connectivity index (χ1n) is 10.2. The van der Waals surface area contributed by atoms with Gasteiger partial charge in [-0.1, -0.05) is 18.9 Å². The number of nitrogens with two attached hydrogens (primary N) is 1. The number of nitrogens with one attached hydrogen (secondary N) is 3. The van der Waals surface area contributed by atoms with E-state index < -0.39 is 51.0 Å². The summed E-state index contributed by atoms with van der Waals surface area (Å²) >= 11 is 0. The third-order valence-corrected chi connectivity index (χ3v) is 5.21. The van der Waals surface area contributed by atoms with Gasteiger partial charge in [-0.2, -0.15) is 0 Å². The highest BCUT2D eigenvalue weighted by molar-refractivity contribution is 7.90. The monoisotopic (exact) mass is 490 g/mol. The van der Waals surface area contributed by atoms with Gasteiger partial charge >= 0.3 is 17.2 Å². The van der Waals surface area contributed by atoms with Gasteiger partial charge in [0.15, 0.2) is 0 Å². The molecule has 186 valence electrons. The number of aryl methyl sites for hydroxylation is 1. The third kappa shape index (κ3) is 10.3. The van der Waals surface area contributed by atoms with Crippen molar-refractivity contribution in [1.29, 1.82) is 0 Å². The van der Waals surface area contributed by atoms with Crippen LogP contribution in [0.5, 0.6) is 0 Å². The summed E-state index contributed by atoms with van der Waals surface area (Å²) in [6, 6.07) is -2.90. The lowest BCUT2D eigenvalue weighted by molar-refractivity contribution is -0.142. The van der Waals surface area contributed by atoms with E-state index in [0.29, 0.717) is 0 Å². The van der Waals surface area contributed by atoms with Gasteiger partial charge in [-0.15, -0.1) is 5.10 Å². The van der Waals surface area contributed by atoms with Crippen LogP contribution >= 0.6 is 0 Å². The number of carboxylic acids is 1. The zero-order valence-corrected chi connectivity index (χ0v) is 19.5. The van der Waals surface area contributed by atoms with Crippen LogP contribution in [0, 0.1) is 5.92 Å². The molecule has 1 heterocycles. The fraction of sp³-hybridized carbons (Fsp3) is 0.667. The minimum Gasteiger partial charge on any atom is -0.480 e. The highest BCUT2D eigenvalue weighted by Crippen LogP contribution is 2.10. The molecule has 0 unspecified atom stereocenters. The predicted octanol–water partition coefficient (Wildman–Crippen LogP) is -1.05. The fourth-order valence-electron chi connectivity index (χ4n) is 2.71. The van der Waals surface area contributed by atoms with Gasteiger partial charge in [-0.25, -0.2) is 18.0 Å². The highest BCUT2D eigenvalue weighted by atomic mass is 32.2. The first-order chi connectivity index (χ1) is 15.3. The van der Waals surface area contributed by atoms with Crippen LogP contribution in [-0.2, 0) is 30.6 Å². The lowest BCUT2D eigenvalue weighted by Crippen LogP contribution is -2.53. The van der Waals surface area contributed by atoms with Crippen LogP contribution in [-0.4, -0.2) is 72.4 Å². The first-order valence-corrected chi connectivity index (χ1v) is 12.1. The van der Waals surface area contributed by atoms with Gasteiger partial charge in [0.25, 0.3) is 0 Å². The van der Waals surface area contributed by atoms with Crippen LogP contribution in [0.4, 0.5) is 4.79 Å². The van der Waals surface area contributed by atoms with E-state index >= 15 is 0 Å². The van der Waals surface area contributed by atoms with Crippen molar-refractivity contribution in [2.24, 2.45) is 11.7 Å². The molecule has 0 aliphatic carbocycles. The molecule has 15 heteroatoms. The van der Waals surface area contributed by atoms with Crippen molar-refractivity contribution >= 4 is 33.7 Å². The van der Waals surface area contributed by atoms with Gasteiger partial charge in [0, 0.05) is 25.6 Å². The highest BCUT2D eigenvalue weighted by Gasteiger charge is 2.28. The van der Waals surface area contributed by atoms with Gasteiger partial charge < -0.3 is 31.2 Å². The fourth-order valence-corrected chi connectivity index (χ4v) is 3.14. The first kappa shape index (κ1) is 27.8. The molecular weight excluding hydrogens is 460 g/mol. The number of primary amides is 1. The van der Waals surface area contributed by atoms with E-state index in [1.807, 2.05) is 0 Å². The van der Waals surface area contributed by atoms with Crippen LogP contribution in [0.25, 0.3) is 0 Å². The van der Waals surface area contributed by atoms with Crippen molar-refractivity contribution in [2.75, 3.05) is 12.8 Å². The number of hydrogen-bond donors (Lipinski definition) is 5. The Morgan fingerprint density at radius 1 is 1.12 bits per heavy atom. The molecule has 1 aromatic heterocycles. The normalized spacial score (nSPS) is 13.2. The number of urea groups is 1. The van der Waals surface area contributed by atoms with Crippen molar-refractivity contribution in [3.05, 3.63) is 5.89 Å². The molecule has 1 aromatic rings. The second-order valence-corrected chi connectivity index (χ2v) is 9.60. The number of hydrogen-bond acceptors (Lipinski definition) is 9. The third-order valence-electron chi connectivity index (χ3n) is 4.41. The smallest absolute Gasteiger partial charge is 0.335 e. The standard InChI is InChI=1S/C18H30N6O8S/c1-10(2)14(15(26)21-11(16(27)28)6-5-9-20-17(19)29)22-12(25)7-4-8-13-23-24-18(32-13)33(3,30)31/h10-11,14H,4-9H2,1-3H3,(H,21,26)(H,22,25)(H,27,28)(H3,19,20,29)/t11-,14-/m0/s1. The van der Waals surface area contributed by atoms with Crippen LogP contribution in [0.3, 0.4) is 0 Å². The second kappa shape index (κ2) is 12.7. The van der Waals surface area contributed by atoms with Gasteiger partial charge in [0.05, 0.1) is 0 Å². The number of rotatable bonds is 14. The molecule has 0 radical (unpaired) electrons. The maximum atomic E-state index is 12.6. The number of carbonyl (C=O) groups excluding carboxylic acids is 3. The van der Waals surface area contributed by atoms with Gasteiger partial charge in [0.1, 0.15) is 12.1 Å². The Hall–Kier alpha value is -3.23. The summed E-state index contributed by atoms with van der Waals surface area (Å²) in [6.45, 7) is 3.55. The topological polar surface area (TPSA) is 224 Å². The molecule has 4 amide bonds. The molecular formula is C18H30N6O8S. The van der Waals surface area contributed by atoms with Crippen LogP contribution in [0.2, 0.25) is 0 Å². The zero-order chi connectivity index (χ0) is 25.2. The van der Waals surface area contributed by atoms with Gasteiger partial charge in [0.2, 0.25) is 27.5 Å². The average Bonchev–Trinajstić information content (AvgIpc) is 3.17. The molecule has 14 nitrogen and oxygen atoms in total. The van der Waals surface area contributed by atoms with Crippen LogP contribution in [0.15, 0.2) is 9.64 Å². The molecule has 0 spiro atoms. The molecule has 0 saturated heterocycles. The SMILES string of the molecule is CC(C)[C@H](NC(=O)CCCc1nnc(S(C)(=O)=O)o1)C(=O)N[C@@H](CCCNC(N)=O)C(=O)O. The number of aliphatic carboxylic acids is 1. The quantitative estimate of drug-likeness (QED) is 0.199. The number of amides is 4. The van der Waals surface area contributed by atoms with E-state index in [1.165, 1.54) is 0 Å². The summed E-state index contributed by atoms with van der Waals surface area (Å²) in [5, 5.41) is 23.2. The lowest BCUT2D eigenvalue weighted by atomic mass is 10.0. The predicted molar refractivity (Wildman–Crippen MR) is 114 cm³/mol. The molecule has 0 saturated carbocycles. The summed E-state index contributed by atoms with van der Waals surface area (Å²) in [4.78, 5) is 47.0. The van der Waals surface area contributed by atoms with E-state index in [2.05, 4.69) is 26.1 Å². The van der Waals surface area contributed by atoms with E-state index in [9.17, 15) is 32.7 Å². The Morgan fingerprint density at radius 3 is 2.30 bits per heavy atom. The van der Waals surface area contributed by atoms with E-state index in [-0.39, 0.29) is 50.5 Å². The molecule has 0 fully saturated rings.